The van der Waals surface area contributed by atoms with Crippen LogP contribution >= 0.6 is 24.8 Å². The van der Waals surface area contributed by atoms with E-state index in [-0.39, 0.29) is 42.5 Å². The summed E-state index contributed by atoms with van der Waals surface area (Å²) in [7, 11) is 0. The third-order valence-electron chi connectivity index (χ3n) is 4.83. The van der Waals surface area contributed by atoms with Crippen molar-refractivity contribution in [2.45, 2.75) is 25.1 Å². The summed E-state index contributed by atoms with van der Waals surface area (Å²) in [6, 6.07) is 6.96. The number of nitrogens with zero attached hydrogens (tertiary/aromatic N) is 2. The van der Waals surface area contributed by atoms with Crippen LogP contribution in [0.1, 0.15) is 12.0 Å². The number of phenols is 1. The number of amides is 1. The van der Waals surface area contributed by atoms with Gasteiger partial charge in [0.05, 0.1) is 18.7 Å². The number of rotatable bonds is 2. The van der Waals surface area contributed by atoms with Crippen LogP contribution in [0.15, 0.2) is 36.7 Å². The zero-order valence-corrected chi connectivity index (χ0v) is 16.7. The lowest BCUT2D eigenvalue weighted by Crippen LogP contribution is -2.44. The normalized spacial score (nSPS) is 20.8. The molecule has 1 saturated heterocycles. The SMILES string of the molecule is Cl.Cl.O=C([C@@H]1C[C@@H](O)CN1)N1CCOc2c(O)cc(-c3cccnc3)cc2C1. The molecule has 0 radical (unpaired) electrons. The lowest BCUT2D eigenvalue weighted by Gasteiger charge is -2.23. The van der Waals surface area contributed by atoms with Crippen LogP contribution in [-0.4, -0.2) is 57.8 Å². The average molecular weight is 428 g/mol. The van der Waals surface area contributed by atoms with Gasteiger partial charge in [-0.15, -0.1) is 24.8 Å². The zero-order chi connectivity index (χ0) is 18.1. The highest BCUT2D eigenvalue weighted by Crippen LogP contribution is 2.37. The van der Waals surface area contributed by atoms with Crippen molar-refractivity contribution in [2.75, 3.05) is 19.7 Å². The fourth-order valence-corrected chi connectivity index (χ4v) is 3.51. The molecule has 2 aromatic rings. The first-order valence-electron chi connectivity index (χ1n) is 8.71. The Hall–Kier alpha value is -2.06. The van der Waals surface area contributed by atoms with Crippen LogP contribution < -0.4 is 10.1 Å². The number of pyridine rings is 1. The molecule has 0 unspecified atom stereocenters. The Morgan fingerprint density at radius 2 is 2.11 bits per heavy atom. The van der Waals surface area contributed by atoms with Crippen LogP contribution in [0.4, 0.5) is 0 Å². The Bertz CT molecular complexity index is 822. The quantitative estimate of drug-likeness (QED) is 0.675. The van der Waals surface area contributed by atoms with Crippen molar-refractivity contribution >= 4 is 30.7 Å². The van der Waals surface area contributed by atoms with Crippen LogP contribution in [-0.2, 0) is 11.3 Å². The summed E-state index contributed by atoms with van der Waals surface area (Å²) in [5, 5.41) is 23.1. The van der Waals surface area contributed by atoms with Gasteiger partial charge in [0.15, 0.2) is 11.5 Å². The van der Waals surface area contributed by atoms with E-state index in [1.54, 1.807) is 23.4 Å². The van der Waals surface area contributed by atoms with Gasteiger partial charge in [-0.2, -0.15) is 0 Å². The Labute approximate surface area is 175 Å². The van der Waals surface area contributed by atoms with Gasteiger partial charge in [-0.1, -0.05) is 6.07 Å². The molecule has 7 nitrogen and oxygen atoms in total. The molecule has 28 heavy (non-hydrogen) atoms. The minimum absolute atomic E-state index is 0. The van der Waals surface area contributed by atoms with Gasteiger partial charge >= 0.3 is 0 Å². The molecular weight excluding hydrogens is 405 g/mol. The first-order chi connectivity index (χ1) is 12.6. The van der Waals surface area contributed by atoms with Crippen LogP contribution in [0.3, 0.4) is 0 Å². The van der Waals surface area contributed by atoms with Crippen molar-refractivity contribution < 1.29 is 19.7 Å². The molecule has 1 amide bonds. The van der Waals surface area contributed by atoms with E-state index in [0.717, 1.165) is 16.7 Å². The molecule has 1 aromatic carbocycles. The molecule has 3 heterocycles. The molecule has 2 atom stereocenters. The number of aliphatic hydroxyl groups is 1. The van der Waals surface area contributed by atoms with E-state index < -0.39 is 6.10 Å². The molecule has 0 spiro atoms. The summed E-state index contributed by atoms with van der Waals surface area (Å²) in [5.41, 5.74) is 2.46. The Morgan fingerprint density at radius 1 is 1.29 bits per heavy atom. The molecule has 0 saturated carbocycles. The maximum Gasteiger partial charge on any atom is 0.240 e. The number of carbonyl (C=O) groups excluding carboxylic acids is 1. The summed E-state index contributed by atoms with van der Waals surface area (Å²) < 4.78 is 5.70. The largest absolute Gasteiger partial charge is 0.504 e. The summed E-state index contributed by atoms with van der Waals surface area (Å²) in [6.45, 7) is 1.53. The van der Waals surface area contributed by atoms with E-state index in [9.17, 15) is 15.0 Å². The first kappa shape index (κ1) is 22.2. The second-order valence-electron chi connectivity index (χ2n) is 6.68. The zero-order valence-electron chi connectivity index (χ0n) is 15.1. The summed E-state index contributed by atoms with van der Waals surface area (Å²) in [4.78, 5) is 18.6. The number of fused-ring (bicyclic) bond motifs is 1. The third kappa shape index (κ3) is 4.50. The minimum Gasteiger partial charge on any atom is -0.504 e. The minimum atomic E-state index is -0.485. The number of aromatic nitrogens is 1. The molecule has 4 rings (SSSR count). The predicted molar refractivity (Wildman–Crippen MR) is 109 cm³/mol. The third-order valence-corrected chi connectivity index (χ3v) is 4.83. The fourth-order valence-electron chi connectivity index (χ4n) is 3.51. The molecule has 0 bridgehead atoms. The number of nitrogens with one attached hydrogen (secondary N) is 1. The molecule has 0 aliphatic carbocycles. The number of aliphatic hydroxyl groups excluding tert-OH is 1. The van der Waals surface area contributed by atoms with Crippen molar-refractivity contribution in [1.29, 1.82) is 0 Å². The molecule has 2 aliphatic heterocycles. The van der Waals surface area contributed by atoms with Crippen molar-refractivity contribution in [3.63, 3.8) is 0 Å². The highest BCUT2D eigenvalue weighted by molar-refractivity contribution is 5.85. The first-order valence-corrected chi connectivity index (χ1v) is 8.71. The standard InChI is InChI=1S/C19H21N3O4.2ClH/c23-15-8-16(21-10-15)19(25)22-4-5-26-18-14(11-22)6-13(7-17(18)24)12-2-1-3-20-9-12;;/h1-3,6-7,9,15-16,21,23-24H,4-5,8,10-11H2;2*1H/t15-,16+;;/m1../s1. The summed E-state index contributed by atoms with van der Waals surface area (Å²) in [6.07, 6.45) is 3.36. The summed E-state index contributed by atoms with van der Waals surface area (Å²) in [5.74, 6) is 0.432. The molecule has 3 N–H and O–H groups in total. The van der Waals surface area contributed by atoms with E-state index >= 15 is 0 Å². The molecule has 1 fully saturated rings. The average Bonchev–Trinajstić information content (AvgIpc) is 2.96. The number of ether oxygens (including phenoxy) is 1. The number of β-amino-alcohol motifs (C(OH)–C–C–N with tert-alkyl or cyclic N) is 1. The Balaban J connectivity index is 0.00000140. The maximum atomic E-state index is 12.8. The number of phenolic OH excluding ortho intramolecular Hbond substituents is 1. The van der Waals surface area contributed by atoms with Gasteiger partial charge < -0.3 is 25.2 Å². The number of hydrogen-bond acceptors (Lipinski definition) is 6. The highest BCUT2D eigenvalue weighted by Gasteiger charge is 2.32. The van der Waals surface area contributed by atoms with Crippen molar-refractivity contribution in [1.82, 2.24) is 15.2 Å². The van der Waals surface area contributed by atoms with Gasteiger partial charge in [-0.25, -0.2) is 0 Å². The van der Waals surface area contributed by atoms with Crippen LogP contribution in [0.2, 0.25) is 0 Å². The lowest BCUT2D eigenvalue weighted by molar-refractivity contribution is -0.134. The van der Waals surface area contributed by atoms with Gasteiger partial charge in [0, 0.05) is 36.6 Å². The van der Waals surface area contributed by atoms with E-state index in [1.165, 1.54) is 0 Å². The molecule has 1 aromatic heterocycles. The predicted octanol–water partition coefficient (Wildman–Crippen LogP) is 1.74. The second-order valence-corrected chi connectivity index (χ2v) is 6.68. The van der Waals surface area contributed by atoms with E-state index in [1.807, 2.05) is 18.2 Å². The van der Waals surface area contributed by atoms with E-state index in [2.05, 4.69) is 10.3 Å². The molecular formula is C19H23Cl2N3O4. The number of halogens is 2. The number of hydrogen-bond donors (Lipinski definition) is 3. The molecule has 9 heteroatoms. The monoisotopic (exact) mass is 427 g/mol. The van der Waals surface area contributed by atoms with Gasteiger partial charge in [-0.05, 0) is 30.2 Å². The van der Waals surface area contributed by atoms with Gasteiger partial charge in [0.25, 0.3) is 0 Å². The fraction of sp³-hybridized carbons (Fsp3) is 0.368. The number of aromatic hydroxyl groups is 1. The maximum absolute atomic E-state index is 12.8. The van der Waals surface area contributed by atoms with Crippen LogP contribution in [0, 0.1) is 0 Å². The van der Waals surface area contributed by atoms with Crippen molar-refractivity contribution in [3.05, 3.63) is 42.2 Å². The summed E-state index contributed by atoms with van der Waals surface area (Å²) >= 11 is 0. The van der Waals surface area contributed by atoms with Gasteiger partial charge in [0.2, 0.25) is 5.91 Å². The van der Waals surface area contributed by atoms with Crippen LogP contribution in [0.25, 0.3) is 11.1 Å². The van der Waals surface area contributed by atoms with Gasteiger partial charge in [-0.3, -0.25) is 9.78 Å². The van der Waals surface area contributed by atoms with E-state index in [4.69, 9.17) is 4.74 Å². The second kappa shape index (κ2) is 9.43. The van der Waals surface area contributed by atoms with Gasteiger partial charge in [0.1, 0.15) is 6.61 Å². The van der Waals surface area contributed by atoms with E-state index in [0.29, 0.717) is 38.4 Å². The van der Waals surface area contributed by atoms with Crippen LogP contribution in [0.5, 0.6) is 11.5 Å². The van der Waals surface area contributed by atoms with Crippen molar-refractivity contribution in [2.24, 2.45) is 0 Å². The molecule has 152 valence electrons. The molecule has 2 aliphatic rings. The topological polar surface area (TPSA) is 94.9 Å². The lowest BCUT2D eigenvalue weighted by atomic mass is 10.0. The van der Waals surface area contributed by atoms with Crippen molar-refractivity contribution in [3.8, 4) is 22.6 Å². The smallest absolute Gasteiger partial charge is 0.240 e. The number of benzene rings is 1. The Morgan fingerprint density at radius 3 is 2.79 bits per heavy atom. The Kier molecular flexibility index (Phi) is 7.48. The number of carbonyl (C=O) groups is 1. The highest BCUT2D eigenvalue weighted by atomic mass is 35.5.